The van der Waals surface area contributed by atoms with Crippen molar-refractivity contribution in [2.24, 2.45) is 0 Å². The predicted molar refractivity (Wildman–Crippen MR) is 110 cm³/mol. The summed E-state index contributed by atoms with van der Waals surface area (Å²) in [7, 11) is 1.24. The average molecular weight is 418 g/mol. The lowest BCUT2D eigenvalue weighted by atomic mass is 10.1. The van der Waals surface area contributed by atoms with Crippen molar-refractivity contribution in [3.8, 4) is 0 Å². The number of methoxy groups -OCH3 is 1. The van der Waals surface area contributed by atoms with E-state index in [9.17, 15) is 14.4 Å². The fourth-order valence-corrected chi connectivity index (χ4v) is 2.77. The Morgan fingerprint density at radius 3 is 2.33 bits per heavy atom. The molecule has 0 aromatic heterocycles. The fourth-order valence-electron chi connectivity index (χ4n) is 2.77. The second-order valence-corrected chi connectivity index (χ2v) is 8.24. The molecule has 1 aliphatic carbocycles. The summed E-state index contributed by atoms with van der Waals surface area (Å²) in [6.45, 7) is 5.50. The number of benzene rings is 1. The van der Waals surface area contributed by atoms with Gasteiger partial charge in [0.05, 0.1) is 7.11 Å². The van der Waals surface area contributed by atoms with Crippen LogP contribution in [0.25, 0.3) is 0 Å². The number of alkyl carbamates (subject to hydrolysis) is 2. The van der Waals surface area contributed by atoms with E-state index in [-0.39, 0.29) is 17.8 Å². The first kappa shape index (κ1) is 23.3. The molecule has 1 fully saturated rings. The molecule has 0 radical (unpaired) electrons. The highest BCUT2D eigenvalue weighted by molar-refractivity contribution is 5.92. The smallest absolute Gasteiger partial charge is 0.412 e. The van der Waals surface area contributed by atoms with E-state index in [4.69, 9.17) is 14.2 Å². The maximum absolute atomic E-state index is 12.0. The Morgan fingerprint density at radius 2 is 1.77 bits per heavy atom. The first-order valence-electron chi connectivity index (χ1n) is 9.90. The van der Waals surface area contributed by atoms with Gasteiger partial charge in [0.2, 0.25) is 0 Å². The fraction of sp³-hybridized carbons (Fsp3) is 0.500. The van der Waals surface area contributed by atoms with Crippen LogP contribution < -0.4 is 10.6 Å². The van der Waals surface area contributed by atoms with Gasteiger partial charge in [0.1, 0.15) is 17.9 Å². The number of amides is 2. The summed E-state index contributed by atoms with van der Waals surface area (Å²) >= 11 is 0. The van der Waals surface area contributed by atoms with Gasteiger partial charge in [-0.2, -0.15) is 0 Å². The van der Waals surface area contributed by atoms with Crippen molar-refractivity contribution in [1.29, 1.82) is 0 Å². The van der Waals surface area contributed by atoms with Gasteiger partial charge in [-0.15, -0.1) is 0 Å². The maximum Gasteiger partial charge on any atom is 0.412 e. The first-order valence-corrected chi connectivity index (χ1v) is 9.90. The van der Waals surface area contributed by atoms with E-state index in [1.165, 1.54) is 7.11 Å². The Balaban J connectivity index is 1.86. The number of nitrogens with one attached hydrogen (secondary N) is 2. The molecule has 0 bridgehead atoms. The van der Waals surface area contributed by atoms with Gasteiger partial charge in [-0.3, -0.25) is 5.32 Å². The van der Waals surface area contributed by atoms with Gasteiger partial charge in [0, 0.05) is 5.54 Å². The molecule has 1 aliphatic rings. The molecule has 1 aromatic carbocycles. The van der Waals surface area contributed by atoms with Crippen molar-refractivity contribution in [2.75, 3.05) is 7.11 Å². The maximum atomic E-state index is 12.0. The van der Waals surface area contributed by atoms with E-state index in [0.717, 1.165) is 18.4 Å². The molecular formula is C22H30N2O6. The number of rotatable bonds is 8. The van der Waals surface area contributed by atoms with E-state index in [1.807, 2.05) is 30.3 Å². The number of hydrogen-bond donors (Lipinski definition) is 2. The molecule has 8 heteroatoms. The van der Waals surface area contributed by atoms with Gasteiger partial charge in [-0.25, -0.2) is 14.4 Å². The zero-order valence-electron chi connectivity index (χ0n) is 17.9. The van der Waals surface area contributed by atoms with E-state index in [0.29, 0.717) is 12.8 Å². The van der Waals surface area contributed by atoms with Crippen LogP contribution >= 0.6 is 0 Å². The van der Waals surface area contributed by atoms with Gasteiger partial charge < -0.3 is 19.5 Å². The van der Waals surface area contributed by atoms with E-state index >= 15 is 0 Å². The molecule has 0 aliphatic heterocycles. The minimum Gasteiger partial charge on any atom is -0.464 e. The Labute approximate surface area is 176 Å². The molecule has 0 atom stereocenters. The Hall–Kier alpha value is -3.03. The summed E-state index contributed by atoms with van der Waals surface area (Å²) in [5.74, 6) is -0.670. The van der Waals surface area contributed by atoms with Crippen LogP contribution in [0, 0.1) is 0 Å². The average Bonchev–Trinajstić information content (AvgIpc) is 3.43. The van der Waals surface area contributed by atoms with Crippen molar-refractivity contribution in [1.82, 2.24) is 10.6 Å². The van der Waals surface area contributed by atoms with Crippen LogP contribution in [-0.4, -0.2) is 36.4 Å². The second kappa shape index (κ2) is 10.1. The van der Waals surface area contributed by atoms with E-state index in [2.05, 4.69) is 10.6 Å². The van der Waals surface area contributed by atoms with Gasteiger partial charge in [0.25, 0.3) is 0 Å². The standard InChI is InChI=1S/C22H30N2O6/c1-21(2,3)30-20(27)24-22(13-14-22)12-8-11-17(18(25)28-4)23-19(26)29-15-16-9-6-5-7-10-16/h5-7,9-11H,8,12-15H2,1-4H3,(H,23,26)(H,24,27)/b17-11+. The van der Waals surface area contributed by atoms with Crippen LogP contribution in [0.3, 0.4) is 0 Å². The van der Waals surface area contributed by atoms with Crippen molar-refractivity contribution < 1.29 is 28.6 Å². The van der Waals surface area contributed by atoms with E-state index in [1.54, 1.807) is 26.8 Å². The number of esters is 1. The topological polar surface area (TPSA) is 103 Å². The van der Waals surface area contributed by atoms with Gasteiger partial charge in [-0.1, -0.05) is 36.4 Å². The molecule has 2 amide bonds. The number of hydrogen-bond acceptors (Lipinski definition) is 6. The molecule has 1 aromatic rings. The van der Waals surface area contributed by atoms with Crippen molar-refractivity contribution >= 4 is 18.2 Å². The third-order valence-electron chi connectivity index (χ3n) is 4.45. The van der Waals surface area contributed by atoms with Crippen molar-refractivity contribution in [2.45, 2.75) is 64.2 Å². The highest BCUT2D eigenvalue weighted by Gasteiger charge is 2.44. The van der Waals surface area contributed by atoms with E-state index < -0.39 is 23.8 Å². The molecule has 0 spiro atoms. The Morgan fingerprint density at radius 1 is 1.10 bits per heavy atom. The summed E-state index contributed by atoms with van der Waals surface area (Å²) in [5, 5.41) is 5.33. The highest BCUT2D eigenvalue weighted by Crippen LogP contribution is 2.40. The predicted octanol–water partition coefficient (Wildman–Crippen LogP) is 3.81. The molecule has 0 heterocycles. The summed E-state index contributed by atoms with van der Waals surface area (Å²) in [6, 6.07) is 9.21. The molecular weight excluding hydrogens is 388 g/mol. The normalized spacial score (nSPS) is 15.0. The number of carbonyl (C=O) groups is 3. The molecule has 0 saturated heterocycles. The molecule has 1 saturated carbocycles. The summed E-state index contributed by atoms with van der Waals surface area (Å²) in [6.07, 6.45) is 3.10. The lowest BCUT2D eigenvalue weighted by Gasteiger charge is -2.23. The lowest BCUT2D eigenvalue weighted by molar-refractivity contribution is -0.136. The van der Waals surface area contributed by atoms with Crippen LogP contribution in [-0.2, 0) is 25.6 Å². The quantitative estimate of drug-likeness (QED) is 0.378. The zero-order valence-corrected chi connectivity index (χ0v) is 17.9. The number of ether oxygens (including phenoxy) is 3. The van der Waals surface area contributed by atoms with Crippen LogP contribution in [0.1, 0.15) is 52.0 Å². The van der Waals surface area contributed by atoms with Crippen molar-refractivity contribution in [3.63, 3.8) is 0 Å². The molecule has 164 valence electrons. The highest BCUT2D eigenvalue weighted by atomic mass is 16.6. The molecule has 0 unspecified atom stereocenters. The van der Waals surface area contributed by atoms with Crippen LogP contribution in [0.4, 0.5) is 9.59 Å². The molecule has 8 nitrogen and oxygen atoms in total. The summed E-state index contributed by atoms with van der Waals surface area (Å²) in [5.41, 5.74) is -0.0699. The summed E-state index contributed by atoms with van der Waals surface area (Å²) in [4.78, 5) is 36.0. The minimum absolute atomic E-state index is 0.00336. The molecule has 2 N–H and O–H groups in total. The third kappa shape index (κ3) is 8.14. The third-order valence-corrected chi connectivity index (χ3v) is 4.45. The molecule has 2 rings (SSSR count). The largest absolute Gasteiger partial charge is 0.464 e. The van der Waals surface area contributed by atoms with Crippen LogP contribution in [0.15, 0.2) is 42.1 Å². The Bertz CT molecular complexity index is 779. The first-order chi connectivity index (χ1) is 14.1. The zero-order chi connectivity index (χ0) is 22.2. The Kier molecular flexibility index (Phi) is 7.86. The lowest BCUT2D eigenvalue weighted by Crippen LogP contribution is -2.40. The van der Waals surface area contributed by atoms with Gasteiger partial charge >= 0.3 is 18.2 Å². The number of allylic oxidation sites excluding steroid dienone is 1. The van der Waals surface area contributed by atoms with Crippen molar-refractivity contribution in [3.05, 3.63) is 47.7 Å². The second-order valence-electron chi connectivity index (χ2n) is 8.24. The number of carbonyl (C=O) groups excluding carboxylic acids is 3. The van der Waals surface area contributed by atoms with Gasteiger partial charge in [-0.05, 0) is 52.0 Å². The van der Waals surface area contributed by atoms with Gasteiger partial charge in [0.15, 0.2) is 0 Å². The van der Waals surface area contributed by atoms with Crippen LogP contribution in [0.2, 0.25) is 0 Å². The van der Waals surface area contributed by atoms with Crippen LogP contribution in [0.5, 0.6) is 0 Å². The monoisotopic (exact) mass is 418 g/mol. The summed E-state index contributed by atoms with van der Waals surface area (Å²) < 4.78 is 15.2. The molecule has 30 heavy (non-hydrogen) atoms. The SMILES string of the molecule is COC(=O)/C(=C\CCC1(NC(=O)OC(C)(C)C)CC1)NC(=O)OCc1ccccc1. The minimum atomic E-state index is -0.747.